The summed E-state index contributed by atoms with van der Waals surface area (Å²) in [7, 11) is 0. The van der Waals surface area contributed by atoms with Gasteiger partial charge in [-0.05, 0) is 36.4 Å². The molecule has 2 N–H and O–H groups in total. The molecule has 0 unspecified atom stereocenters. The van der Waals surface area contributed by atoms with Crippen LogP contribution >= 0.6 is 12.2 Å². The van der Waals surface area contributed by atoms with Crippen molar-refractivity contribution in [2.24, 2.45) is 5.73 Å². The molecule has 2 rings (SSSR count). The molecule has 2 aromatic carbocycles. The Hall–Kier alpha value is -2.14. The zero-order valence-corrected chi connectivity index (χ0v) is 12.2. The Balaban J connectivity index is 1.69. The topological polar surface area (TPSA) is 44.5 Å². The molecule has 3 nitrogen and oxygen atoms in total. The summed E-state index contributed by atoms with van der Waals surface area (Å²) in [6.45, 7) is 0.982. The molecular formula is C16H16FNO2S. The molecule has 5 heteroatoms. The van der Waals surface area contributed by atoms with Crippen LogP contribution in [0.25, 0.3) is 0 Å². The summed E-state index contributed by atoms with van der Waals surface area (Å²) < 4.78 is 23.9. The van der Waals surface area contributed by atoms with Gasteiger partial charge in [0.1, 0.15) is 22.3 Å². The summed E-state index contributed by atoms with van der Waals surface area (Å²) in [5.41, 5.74) is 6.33. The van der Waals surface area contributed by atoms with Gasteiger partial charge in [0.2, 0.25) is 0 Å². The molecule has 0 bridgehead atoms. The van der Waals surface area contributed by atoms with Gasteiger partial charge in [-0.25, -0.2) is 4.39 Å². The van der Waals surface area contributed by atoms with Gasteiger partial charge in [-0.1, -0.05) is 18.3 Å². The first kappa shape index (κ1) is 15.3. The van der Waals surface area contributed by atoms with E-state index in [4.69, 9.17) is 27.4 Å². The maximum atomic E-state index is 12.9. The quantitative estimate of drug-likeness (QED) is 0.629. The number of thiocarbonyl (C=S) groups is 1. The zero-order valence-electron chi connectivity index (χ0n) is 11.4. The molecule has 110 valence electrons. The highest BCUT2D eigenvalue weighted by molar-refractivity contribution is 7.80. The molecule has 0 atom stereocenters. The first-order valence-electron chi connectivity index (χ1n) is 6.56. The smallest absolute Gasteiger partial charge is 0.126 e. The highest BCUT2D eigenvalue weighted by Gasteiger charge is 1.99. The molecule has 0 radical (unpaired) electrons. The molecule has 0 heterocycles. The van der Waals surface area contributed by atoms with E-state index in [-0.39, 0.29) is 5.82 Å². The van der Waals surface area contributed by atoms with Crippen LogP contribution in [0.1, 0.15) is 12.0 Å². The zero-order chi connectivity index (χ0) is 15.1. The van der Waals surface area contributed by atoms with Crippen molar-refractivity contribution in [3.05, 3.63) is 59.9 Å². The van der Waals surface area contributed by atoms with E-state index in [0.717, 1.165) is 11.3 Å². The molecule has 0 saturated carbocycles. The number of benzene rings is 2. The average Bonchev–Trinajstić information content (AvgIpc) is 2.47. The molecule has 0 fully saturated rings. The van der Waals surface area contributed by atoms with Gasteiger partial charge >= 0.3 is 0 Å². The molecule has 0 aliphatic rings. The van der Waals surface area contributed by atoms with Crippen molar-refractivity contribution in [3.63, 3.8) is 0 Å². The van der Waals surface area contributed by atoms with Gasteiger partial charge in [0, 0.05) is 18.1 Å². The third-order valence-electron chi connectivity index (χ3n) is 2.76. The SMILES string of the molecule is NC(=S)c1ccc(OCCCOc2cccc(F)c2)cc1. The lowest BCUT2D eigenvalue weighted by atomic mass is 10.2. The molecule has 0 aromatic heterocycles. The van der Waals surface area contributed by atoms with Crippen LogP contribution in [-0.4, -0.2) is 18.2 Å². The number of hydrogen-bond donors (Lipinski definition) is 1. The summed E-state index contributed by atoms with van der Waals surface area (Å²) in [6.07, 6.45) is 0.702. The van der Waals surface area contributed by atoms with Crippen LogP contribution in [0.4, 0.5) is 4.39 Å². The Morgan fingerprint density at radius 2 is 1.67 bits per heavy atom. The van der Waals surface area contributed by atoms with E-state index in [2.05, 4.69) is 0 Å². The number of halogens is 1. The fraction of sp³-hybridized carbons (Fsp3) is 0.188. The predicted octanol–water partition coefficient (Wildman–Crippen LogP) is 3.31. The third kappa shape index (κ3) is 5.04. The fourth-order valence-electron chi connectivity index (χ4n) is 1.71. The van der Waals surface area contributed by atoms with Gasteiger partial charge in [-0.3, -0.25) is 0 Å². The number of nitrogens with two attached hydrogens (primary N) is 1. The monoisotopic (exact) mass is 305 g/mol. The maximum absolute atomic E-state index is 12.9. The fourth-order valence-corrected chi connectivity index (χ4v) is 1.85. The van der Waals surface area contributed by atoms with Crippen LogP contribution in [0.2, 0.25) is 0 Å². The molecular weight excluding hydrogens is 289 g/mol. The van der Waals surface area contributed by atoms with Crippen LogP contribution in [0.15, 0.2) is 48.5 Å². The Morgan fingerprint density at radius 1 is 1.00 bits per heavy atom. The van der Waals surface area contributed by atoms with E-state index < -0.39 is 0 Å². The third-order valence-corrected chi connectivity index (χ3v) is 3.00. The number of hydrogen-bond acceptors (Lipinski definition) is 3. The predicted molar refractivity (Wildman–Crippen MR) is 84.3 cm³/mol. The first-order chi connectivity index (χ1) is 10.1. The highest BCUT2D eigenvalue weighted by Crippen LogP contribution is 2.14. The average molecular weight is 305 g/mol. The summed E-state index contributed by atoms with van der Waals surface area (Å²) in [6, 6.07) is 13.4. The second-order valence-corrected chi connectivity index (χ2v) is 4.84. The van der Waals surface area contributed by atoms with Gasteiger partial charge < -0.3 is 15.2 Å². The van der Waals surface area contributed by atoms with Gasteiger partial charge in [0.25, 0.3) is 0 Å². The second-order valence-electron chi connectivity index (χ2n) is 4.40. The summed E-state index contributed by atoms with van der Waals surface area (Å²) in [4.78, 5) is 0.366. The standard InChI is InChI=1S/C16H16FNO2S/c17-13-3-1-4-15(11-13)20-10-2-9-19-14-7-5-12(6-8-14)16(18)21/h1,3-8,11H,2,9-10H2,(H2,18,21). The maximum Gasteiger partial charge on any atom is 0.126 e. The van der Waals surface area contributed by atoms with E-state index in [1.807, 2.05) is 24.3 Å². The lowest BCUT2D eigenvalue weighted by Crippen LogP contribution is -2.09. The van der Waals surface area contributed by atoms with Crippen LogP contribution in [0.3, 0.4) is 0 Å². The van der Waals surface area contributed by atoms with Crippen LogP contribution < -0.4 is 15.2 Å². The first-order valence-corrected chi connectivity index (χ1v) is 6.97. The minimum Gasteiger partial charge on any atom is -0.493 e. The van der Waals surface area contributed by atoms with Crippen LogP contribution in [0.5, 0.6) is 11.5 Å². The number of rotatable bonds is 7. The number of ether oxygens (including phenoxy) is 2. The summed E-state index contributed by atoms with van der Waals surface area (Å²) in [5, 5.41) is 0. The van der Waals surface area contributed by atoms with Gasteiger partial charge in [0.15, 0.2) is 0 Å². The van der Waals surface area contributed by atoms with Crippen molar-refractivity contribution in [3.8, 4) is 11.5 Å². The normalized spacial score (nSPS) is 10.1. The van der Waals surface area contributed by atoms with Crippen molar-refractivity contribution >= 4 is 17.2 Å². The van der Waals surface area contributed by atoms with Crippen molar-refractivity contribution in [1.82, 2.24) is 0 Å². The minimum absolute atomic E-state index is 0.304. The van der Waals surface area contributed by atoms with Gasteiger partial charge in [-0.2, -0.15) is 0 Å². The van der Waals surface area contributed by atoms with Gasteiger partial charge in [0.05, 0.1) is 13.2 Å². The van der Waals surface area contributed by atoms with Crippen LogP contribution in [0, 0.1) is 5.82 Å². The minimum atomic E-state index is -0.304. The Labute approximate surface area is 128 Å². The largest absolute Gasteiger partial charge is 0.493 e. The van der Waals surface area contributed by atoms with Gasteiger partial charge in [-0.15, -0.1) is 0 Å². The second kappa shape index (κ2) is 7.59. The highest BCUT2D eigenvalue weighted by atomic mass is 32.1. The molecule has 0 aliphatic heterocycles. The van der Waals surface area contributed by atoms with Crippen molar-refractivity contribution in [2.45, 2.75) is 6.42 Å². The molecule has 0 spiro atoms. The molecule has 21 heavy (non-hydrogen) atoms. The van der Waals surface area contributed by atoms with E-state index in [1.165, 1.54) is 12.1 Å². The Kier molecular flexibility index (Phi) is 5.51. The Bertz CT molecular complexity index is 601. The summed E-state index contributed by atoms with van der Waals surface area (Å²) in [5.74, 6) is 0.971. The molecule has 2 aromatic rings. The van der Waals surface area contributed by atoms with E-state index in [9.17, 15) is 4.39 Å². The summed E-state index contributed by atoms with van der Waals surface area (Å²) >= 11 is 4.88. The van der Waals surface area contributed by atoms with Crippen molar-refractivity contribution < 1.29 is 13.9 Å². The lowest BCUT2D eigenvalue weighted by Gasteiger charge is -2.08. The van der Waals surface area contributed by atoms with E-state index in [0.29, 0.717) is 30.4 Å². The van der Waals surface area contributed by atoms with Crippen molar-refractivity contribution in [2.75, 3.05) is 13.2 Å². The molecule has 0 amide bonds. The van der Waals surface area contributed by atoms with E-state index in [1.54, 1.807) is 12.1 Å². The Morgan fingerprint density at radius 3 is 2.29 bits per heavy atom. The van der Waals surface area contributed by atoms with E-state index >= 15 is 0 Å². The molecule has 0 saturated heterocycles. The van der Waals surface area contributed by atoms with Crippen molar-refractivity contribution in [1.29, 1.82) is 0 Å². The van der Waals surface area contributed by atoms with Crippen LogP contribution in [-0.2, 0) is 0 Å². The molecule has 0 aliphatic carbocycles. The lowest BCUT2D eigenvalue weighted by molar-refractivity contribution is 0.247.